The molecule has 2 N–H and O–H groups in total. The van der Waals surface area contributed by atoms with Crippen LogP contribution in [0.4, 0.5) is 0 Å². The fraction of sp³-hybridized carbons (Fsp3) is 0.429. The maximum Gasteiger partial charge on any atom is 0.194 e. The van der Waals surface area contributed by atoms with Crippen LogP contribution >= 0.6 is 11.3 Å². The Balaban J connectivity index is 1.88. The van der Waals surface area contributed by atoms with Crippen LogP contribution in [0.5, 0.6) is 0 Å². The van der Waals surface area contributed by atoms with Gasteiger partial charge in [-0.05, 0) is 18.6 Å². The molecule has 2 aromatic heterocycles. The SMILES string of the molecule is CCc1nc(CNC(=NC)N(C)Cc2ccc[nH]2)cs1. The molecule has 0 aliphatic rings. The Labute approximate surface area is 123 Å². The first-order valence-electron chi connectivity index (χ1n) is 6.70. The molecule has 0 aliphatic carbocycles. The summed E-state index contributed by atoms with van der Waals surface area (Å²) in [7, 11) is 3.82. The van der Waals surface area contributed by atoms with Gasteiger partial charge in [0.15, 0.2) is 5.96 Å². The summed E-state index contributed by atoms with van der Waals surface area (Å²) in [6.07, 6.45) is 2.92. The van der Waals surface area contributed by atoms with Gasteiger partial charge >= 0.3 is 0 Å². The predicted octanol–water partition coefficient (Wildman–Crippen LogP) is 2.24. The Kier molecular flexibility index (Phi) is 5.17. The number of hydrogen-bond acceptors (Lipinski definition) is 3. The molecule has 2 rings (SSSR count). The number of thiazole rings is 1. The van der Waals surface area contributed by atoms with Gasteiger partial charge in [-0.2, -0.15) is 0 Å². The van der Waals surface area contributed by atoms with Gasteiger partial charge < -0.3 is 15.2 Å². The number of aryl methyl sites for hydroxylation is 1. The highest BCUT2D eigenvalue weighted by atomic mass is 32.1. The lowest BCUT2D eigenvalue weighted by atomic mass is 10.4. The van der Waals surface area contributed by atoms with E-state index in [1.54, 1.807) is 18.4 Å². The Hall–Kier alpha value is -1.82. The number of nitrogens with one attached hydrogen (secondary N) is 2. The molecule has 0 aliphatic heterocycles. The molecule has 6 heteroatoms. The Morgan fingerprint density at radius 1 is 1.55 bits per heavy atom. The van der Waals surface area contributed by atoms with Gasteiger partial charge in [0.1, 0.15) is 0 Å². The van der Waals surface area contributed by atoms with E-state index in [1.165, 1.54) is 5.01 Å². The molecule has 2 heterocycles. The first-order valence-corrected chi connectivity index (χ1v) is 7.58. The molecule has 5 nitrogen and oxygen atoms in total. The third-order valence-corrected chi connectivity index (χ3v) is 4.01. The standard InChI is InChI=1S/C14H21N5S/c1-4-13-18-12(10-20-13)8-17-14(15-2)19(3)9-11-6-5-7-16-11/h5-7,10,16H,4,8-9H2,1-3H3,(H,15,17). The summed E-state index contributed by atoms with van der Waals surface area (Å²) in [5.74, 6) is 0.866. The molecule has 0 bridgehead atoms. The van der Waals surface area contributed by atoms with E-state index in [-0.39, 0.29) is 0 Å². The topological polar surface area (TPSA) is 56.3 Å². The zero-order valence-electron chi connectivity index (χ0n) is 12.2. The number of aromatic nitrogens is 2. The number of hydrogen-bond donors (Lipinski definition) is 2. The van der Waals surface area contributed by atoms with Crippen molar-refractivity contribution in [1.82, 2.24) is 20.2 Å². The van der Waals surface area contributed by atoms with Gasteiger partial charge in [-0.25, -0.2) is 4.98 Å². The molecule has 108 valence electrons. The van der Waals surface area contributed by atoms with Gasteiger partial charge in [-0.1, -0.05) is 6.92 Å². The Morgan fingerprint density at radius 3 is 3.00 bits per heavy atom. The molecular formula is C14H21N5S. The summed E-state index contributed by atoms with van der Waals surface area (Å²) in [5, 5.41) is 6.62. The van der Waals surface area contributed by atoms with E-state index in [9.17, 15) is 0 Å². The van der Waals surface area contributed by atoms with Crippen LogP contribution in [0.1, 0.15) is 23.3 Å². The van der Waals surface area contributed by atoms with Crippen LogP contribution in [0.25, 0.3) is 0 Å². The largest absolute Gasteiger partial charge is 0.364 e. The van der Waals surface area contributed by atoms with Crippen molar-refractivity contribution in [3.05, 3.63) is 40.1 Å². The van der Waals surface area contributed by atoms with Crippen LogP contribution in [0, 0.1) is 0 Å². The summed E-state index contributed by atoms with van der Waals surface area (Å²) in [5.41, 5.74) is 2.23. The molecule has 0 unspecified atom stereocenters. The molecule has 0 saturated carbocycles. The van der Waals surface area contributed by atoms with Crippen molar-refractivity contribution in [2.75, 3.05) is 14.1 Å². The van der Waals surface area contributed by atoms with Gasteiger partial charge in [0.25, 0.3) is 0 Å². The minimum atomic E-state index is 0.707. The number of rotatable bonds is 5. The number of aliphatic imine (C=N–C) groups is 1. The van der Waals surface area contributed by atoms with E-state index in [2.05, 4.69) is 43.5 Å². The average Bonchev–Trinajstić information content (AvgIpc) is 3.10. The molecular weight excluding hydrogens is 270 g/mol. The minimum absolute atomic E-state index is 0.707. The zero-order valence-corrected chi connectivity index (χ0v) is 13.0. The van der Waals surface area contributed by atoms with Gasteiger partial charge in [-0.3, -0.25) is 4.99 Å². The van der Waals surface area contributed by atoms with Crippen molar-refractivity contribution >= 4 is 17.3 Å². The predicted molar refractivity (Wildman–Crippen MR) is 84.0 cm³/mol. The minimum Gasteiger partial charge on any atom is -0.364 e. The van der Waals surface area contributed by atoms with Crippen LogP contribution in [0.2, 0.25) is 0 Å². The van der Waals surface area contributed by atoms with E-state index in [0.717, 1.165) is 30.3 Å². The fourth-order valence-corrected chi connectivity index (χ4v) is 2.69. The van der Waals surface area contributed by atoms with E-state index in [1.807, 2.05) is 19.3 Å². The first kappa shape index (κ1) is 14.6. The third-order valence-electron chi connectivity index (χ3n) is 2.97. The van der Waals surface area contributed by atoms with Crippen molar-refractivity contribution < 1.29 is 0 Å². The van der Waals surface area contributed by atoms with Gasteiger partial charge in [-0.15, -0.1) is 11.3 Å². The van der Waals surface area contributed by atoms with Crippen LogP contribution in [0.15, 0.2) is 28.7 Å². The van der Waals surface area contributed by atoms with Crippen molar-refractivity contribution in [3.63, 3.8) is 0 Å². The molecule has 0 saturated heterocycles. The van der Waals surface area contributed by atoms with Crippen molar-refractivity contribution in [1.29, 1.82) is 0 Å². The number of nitrogens with zero attached hydrogens (tertiary/aromatic N) is 3. The van der Waals surface area contributed by atoms with Gasteiger partial charge in [0.05, 0.1) is 23.8 Å². The van der Waals surface area contributed by atoms with E-state index >= 15 is 0 Å². The lowest BCUT2D eigenvalue weighted by molar-refractivity contribution is 0.470. The Morgan fingerprint density at radius 2 is 2.40 bits per heavy atom. The monoisotopic (exact) mass is 291 g/mol. The van der Waals surface area contributed by atoms with Crippen LogP contribution < -0.4 is 5.32 Å². The summed E-state index contributed by atoms with van der Waals surface area (Å²) in [6.45, 7) is 3.63. The number of guanidine groups is 1. The van der Waals surface area contributed by atoms with E-state index in [0.29, 0.717) is 6.54 Å². The zero-order chi connectivity index (χ0) is 14.4. The van der Waals surface area contributed by atoms with Gasteiger partial charge in [0, 0.05) is 31.4 Å². The van der Waals surface area contributed by atoms with Crippen LogP contribution in [-0.4, -0.2) is 34.9 Å². The molecule has 0 radical (unpaired) electrons. The smallest absolute Gasteiger partial charge is 0.194 e. The summed E-state index contributed by atoms with van der Waals surface area (Å²) < 4.78 is 0. The maximum absolute atomic E-state index is 4.55. The Bertz CT molecular complexity index is 544. The van der Waals surface area contributed by atoms with Crippen LogP contribution in [-0.2, 0) is 19.5 Å². The van der Waals surface area contributed by atoms with Crippen molar-refractivity contribution in [3.8, 4) is 0 Å². The molecule has 0 atom stereocenters. The lowest BCUT2D eigenvalue weighted by Crippen LogP contribution is -2.38. The highest BCUT2D eigenvalue weighted by Crippen LogP contribution is 2.10. The molecule has 2 aromatic rings. The summed E-state index contributed by atoms with van der Waals surface area (Å²) >= 11 is 1.71. The van der Waals surface area contributed by atoms with Crippen molar-refractivity contribution in [2.24, 2.45) is 4.99 Å². The van der Waals surface area contributed by atoms with Crippen molar-refractivity contribution in [2.45, 2.75) is 26.4 Å². The average molecular weight is 291 g/mol. The molecule has 0 amide bonds. The van der Waals surface area contributed by atoms with Crippen LogP contribution in [0.3, 0.4) is 0 Å². The highest BCUT2D eigenvalue weighted by molar-refractivity contribution is 7.09. The highest BCUT2D eigenvalue weighted by Gasteiger charge is 2.08. The first-order chi connectivity index (χ1) is 9.72. The second-order valence-electron chi connectivity index (χ2n) is 4.54. The van der Waals surface area contributed by atoms with E-state index in [4.69, 9.17) is 0 Å². The second-order valence-corrected chi connectivity index (χ2v) is 5.48. The third kappa shape index (κ3) is 3.84. The number of aromatic amines is 1. The van der Waals surface area contributed by atoms with Gasteiger partial charge in [0.2, 0.25) is 0 Å². The van der Waals surface area contributed by atoms with E-state index < -0.39 is 0 Å². The second kappa shape index (κ2) is 7.09. The maximum atomic E-state index is 4.55. The summed E-state index contributed by atoms with van der Waals surface area (Å²) in [4.78, 5) is 14.1. The lowest BCUT2D eigenvalue weighted by Gasteiger charge is -2.21. The summed E-state index contributed by atoms with van der Waals surface area (Å²) in [6, 6.07) is 4.07. The molecule has 0 fully saturated rings. The number of H-pyrrole nitrogens is 1. The molecule has 0 aromatic carbocycles. The fourth-order valence-electron chi connectivity index (χ4n) is 1.94. The molecule has 0 spiro atoms. The quantitative estimate of drug-likeness (QED) is 0.656. The normalized spacial score (nSPS) is 11.7. The molecule has 20 heavy (non-hydrogen) atoms.